The summed E-state index contributed by atoms with van der Waals surface area (Å²) in [4.78, 5) is 18.3. The molecule has 4 rings (SSSR count). The molecule has 132 valence electrons. The number of aromatic nitrogens is 3. The van der Waals surface area contributed by atoms with E-state index >= 15 is 0 Å². The molecule has 2 aliphatic rings. The number of nitrogens with zero attached hydrogens (tertiary/aromatic N) is 4. The Morgan fingerprint density at radius 3 is 2.84 bits per heavy atom. The number of aryl methyl sites for hydroxylation is 1. The standard InChI is InChI=1S/C17H20N4O4/c1-10-5-6-21-16(25-10)14(17(22)23)15(19-21)11-3-4-13(18-7-11)20-8-12(9-20)24-2/h3-4,7,10,12H,5-6,8-9H2,1-2H3,(H,22,23)/t10-/m1/s1. The average molecular weight is 344 g/mol. The lowest BCUT2D eigenvalue weighted by Gasteiger charge is -2.38. The van der Waals surface area contributed by atoms with Gasteiger partial charge in [0.1, 0.15) is 17.1 Å². The predicted molar refractivity (Wildman–Crippen MR) is 90.1 cm³/mol. The minimum absolute atomic E-state index is 0.0178. The van der Waals surface area contributed by atoms with Gasteiger partial charge < -0.3 is 19.5 Å². The summed E-state index contributed by atoms with van der Waals surface area (Å²) >= 11 is 0. The summed E-state index contributed by atoms with van der Waals surface area (Å²) < 4.78 is 12.6. The zero-order valence-corrected chi connectivity index (χ0v) is 14.2. The highest BCUT2D eigenvalue weighted by Crippen LogP contribution is 2.34. The van der Waals surface area contributed by atoms with Gasteiger partial charge in [-0.2, -0.15) is 5.10 Å². The third-order valence-corrected chi connectivity index (χ3v) is 4.71. The molecule has 0 unspecified atom stereocenters. The number of pyridine rings is 1. The van der Waals surface area contributed by atoms with E-state index in [0.29, 0.717) is 23.7 Å². The van der Waals surface area contributed by atoms with Crippen LogP contribution < -0.4 is 9.64 Å². The Balaban J connectivity index is 1.65. The van der Waals surface area contributed by atoms with Gasteiger partial charge in [-0.3, -0.25) is 0 Å². The van der Waals surface area contributed by atoms with Crippen LogP contribution in [0.4, 0.5) is 5.82 Å². The van der Waals surface area contributed by atoms with Crippen LogP contribution in [0.5, 0.6) is 5.88 Å². The minimum Gasteiger partial charge on any atom is -0.477 e. The molecule has 2 aromatic rings. The molecule has 0 amide bonds. The second kappa shape index (κ2) is 6.03. The number of hydrogen-bond donors (Lipinski definition) is 1. The highest BCUT2D eigenvalue weighted by Gasteiger charge is 2.31. The molecular weight excluding hydrogens is 324 g/mol. The second-order valence-electron chi connectivity index (χ2n) is 6.44. The summed E-state index contributed by atoms with van der Waals surface area (Å²) in [7, 11) is 1.70. The van der Waals surface area contributed by atoms with E-state index in [1.165, 1.54) is 0 Å². The maximum atomic E-state index is 11.8. The fourth-order valence-electron chi connectivity index (χ4n) is 3.15. The summed E-state index contributed by atoms with van der Waals surface area (Å²) in [6.45, 7) is 4.20. The Morgan fingerprint density at radius 1 is 1.40 bits per heavy atom. The van der Waals surface area contributed by atoms with Crippen molar-refractivity contribution in [2.24, 2.45) is 0 Å². The molecule has 1 N–H and O–H groups in total. The van der Waals surface area contributed by atoms with Gasteiger partial charge in [-0.1, -0.05) is 0 Å². The van der Waals surface area contributed by atoms with Gasteiger partial charge in [-0.25, -0.2) is 14.5 Å². The first kappa shape index (κ1) is 15.9. The molecule has 8 heteroatoms. The topological polar surface area (TPSA) is 89.7 Å². The lowest BCUT2D eigenvalue weighted by molar-refractivity contribution is 0.0684. The average Bonchev–Trinajstić information content (AvgIpc) is 2.93. The predicted octanol–water partition coefficient (Wildman–Crippen LogP) is 1.65. The molecule has 0 bridgehead atoms. The second-order valence-corrected chi connectivity index (χ2v) is 6.44. The molecule has 1 fully saturated rings. The van der Waals surface area contributed by atoms with Gasteiger partial charge in [0, 0.05) is 44.9 Å². The first-order valence-electron chi connectivity index (χ1n) is 8.31. The lowest BCUT2D eigenvalue weighted by atomic mass is 10.1. The maximum absolute atomic E-state index is 11.8. The number of carboxylic acid groups (broad SMARTS) is 1. The number of rotatable bonds is 4. The van der Waals surface area contributed by atoms with Crippen LogP contribution in [0.3, 0.4) is 0 Å². The SMILES string of the molecule is COC1CN(c2ccc(-c3nn4c(c3C(=O)O)O[C@H](C)CC4)cn2)C1. The molecular formula is C17H20N4O4. The fraction of sp³-hybridized carbons (Fsp3) is 0.471. The Morgan fingerprint density at radius 2 is 2.20 bits per heavy atom. The molecule has 0 radical (unpaired) electrons. The molecule has 2 aromatic heterocycles. The van der Waals surface area contributed by atoms with Crippen LogP contribution in [-0.4, -0.2) is 58.2 Å². The Labute approximate surface area is 145 Å². The number of ether oxygens (including phenoxy) is 2. The number of hydrogen-bond acceptors (Lipinski definition) is 6. The van der Waals surface area contributed by atoms with E-state index in [9.17, 15) is 9.90 Å². The number of carboxylic acids is 1. The Bertz CT molecular complexity index is 796. The zero-order chi connectivity index (χ0) is 17.6. The lowest BCUT2D eigenvalue weighted by Crippen LogP contribution is -2.52. The smallest absolute Gasteiger partial charge is 0.343 e. The number of anilines is 1. The van der Waals surface area contributed by atoms with E-state index in [1.54, 1.807) is 18.0 Å². The van der Waals surface area contributed by atoms with Crippen molar-refractivity contribution in [3.8, 4) is 17.1 Å². The molecule has 0 saturated carbocycles. The van der Waals surface area contributed by atoms with Crippen LogP contribution in [0.15, 0.2) is 18.3 Å². The molecule has 4 heterocycles. The molecule has 2 aliphatic heterocycles. The van der Waals surface area contributed by atoms with E-state index in [1.807, 2.05) is 19.1 Å². The van der Waals surface area contributed by atoms with Crippen LogP contribution in [-0.2, 0) is 11.3 Å². The van der Waals surface area contributed by atoms with Crippen LogP contribution in [0.2, 0.25) is 0 Å². The molecule has 0 aromatic carbocycles. The summed E-state index contributed by atoms with van der Waals surface area (Å²) in [5.41, 5.74) is 1.17. The highest BCUT2D eigenvalue weighted by molar-refractivity contribution is 5.97. The van der Waals surface area contributed by atoms with Crippen molar-refractivity contribution >= 4 is 11.8 Å². The van der Waals surface area contributed by atoms with Crippen LogP contribution in [0.1, 0.15) is 23.7 Å². The van der Waals surface area contributed by atoms with E-state index < -0.39 is 5.97 Å². The number of methoxy groups -OCH3 is 1. The van der Waals surface area contributed by atoms with Crippen molar-refractivity contribution in [1.82, 2.24) is 14.8 Å². The van der Waals surface area contributed by atoms with Gasteiger partial charge in [0.15, 0.2) is 0 Å². The van der Waals surface area contributed by atoms with Crippen molar-refractivity contribution < 1.29 is 19.4 Å². The quantitative estimate of drug-likeness (QED) is 0.902. The van der Waals surface area contributed by atoms with E-state index in [2.05, 4.69) is 15.0 Å². The fourth-order valence-corrected chi connectivity index (χ4v) is 3.15. The molecule has 1 atom stereocenters. The maximum Gasteiger partial charge on any atom is 0.343 e. The van der Waals surface area contributed by atoms with Crippen molar-refractivity contribution in [2.45, 2.75) is 32.1 Å². The van der Waals surface area contributed by atoms with Gasteiger partial charge >= 0.3 is 5.97 Å². The molecule has 25 heavy (non-hydrogen) atoms. The first-order valence-corrected chi connectivity index (χ1v) is 8.31. The van der Waals surface area contributed by atoms with Crippen LogP contribution in [0.25, 0.3) is 11.3 Å². The summed E-state index contributed by atoms with van der Waals surface area (Å²) in [5.74, 6) is 0.138. The van der Waals surface area contributed by atoms with E-state index in [4.69, 9.17) is 9.47 Å². The van der Waals surface area contributed by atoms with Gasteiger partial charge in [0.05, 0.1) is 12.2 Å². The van der Waals surface area contributed by atoms with Crippen molar-refractivity contribution in [2.75, 3.05) is 25.1 Å². The van der Waals surface area contributed by atoms with Crippen molar-refractivity contribution in [1.29, 1.82) is 0 Å². The number of aromatic carboxylic acids is 1. The van der Waals surface area contributed by atoms with E-state index in [0.717, 1.165) is 25.3 Å². The van der Waals surface area contributed by atoms with Crippen LogP contribution >= 0.6 is 0 Å². The van der Waals surface area contributed by atoms with Crippen LogP contribution in [0, 0.1) is 0 Å². The van der Waals surface area contributed by atoms with Gasteiger partial charge in [0.25, 0.3) is 0 Å². The minimum atomic E-state index is -1.04. The highest BCUT2D eigenvalue weighted by atomic mass is 16.5. The number of fused-ring (bicyclic) bond motifs is 1. The Kier molecular flexibility index (Phi) is 3.84. The monoisotopic (exact) mass is 344 g/mol. The third-order valence-electron chi connectivity index (χ3n) is 4.71. The first-order chi connectivity index (χ1) is 12.1. The van der Waals surface area contributed by atoms with Gasteiger partial charge in [0.2, 0.25) is 5.88 Å². The molecule has 8 nitrogen and oxygen atoms in total. The summed E-state index contributed by atoms with van der Waals surface area (Å²) in [6, 6.07) is 3.74. The van der Waals surface area contributed by atoms with Crippen molar-refractivity contribution in [3.63, 3.8) is 0 Å². The molecule has 0 aliphatic carbocycles. The Hall–Kier alpha value is -2.61. The largest absolute Gasteiger partial charge is 0.477 e. The van der Waals surface area contributed by atoms with E-state index in [-0.39, 0.29) is 17.8 Å². The zero-order valence-electron chi connectivity index (χ0n) is 14.2. The van der Waals surface area contributed by atoms with Crippen molar-refractivity contribution in [3.05, 3.63) is 23.9 Å². The van der Waals surface area contributed by atoms with Gasteiger partial charge in [-0.05, 0) is 19.1 Å². The number of carbonyl (C=O) groups is 1. The third kappa shape index (κ3) is 2.72. The summed E-state index contributed by atoms with van der Waals surface area (Å²) in [5, 5.41) is 14.1. The molecule has 0 spiro atoms. The molecule has 1 saturated heterocycles. The normalized spacial score (nSPS) is 19.9. The van der Waals surface area contributed by atoms with Gasteiger partial charge in [-0.15, -0.1) is 0 Å². The summed E-state index contributed by atoms with van der Waals surface area (Å²) in [6.07, 6.45) is 2.70.